The number of amides is 1. The predicted molar refractivity (Wildman–Crippen MR) is 129 cm³/mol. The molecule has 0 radical (unpaired) electrons. The summed E-state index contributed by atoms with van der Waals surface area (Å²) in [5, 5.41) is 12.6. The number of benzene rings is 2. The van der Waals surface area contributed by atoms with Crippen molar-refractivity contribution in [3.05, 3.63) is 59.9 Å². The van der Waals surface area contributed by atoms with Gasteiger partial charge in [-0.25, -0.2) is 0 Å². The smallest absolute Gasteiger partial charge is 0.234 e. The van der Waals surface area contributed by atoms with Crippen molar-refractivity contribution in [1.82, 2.24) is 28.4 Å². The minimum atomic E-state index is -0.119. The van der Waals surface area contributed by atoms with E-state index in [9.17, 15) is 4.79 Å². The molecular weight excluding hydrogens is 442 g/mol. The Morgan fingerprint density at radius 3 is 2.69 bits per heavy atom. The van der Waals surface area contributed by atoms with Gasteiger partial charge in [-0.15, -0.1) is 10.2 Å². The lowest BCUT2D eigenvalue weighted by Crippen LogP contribution is -2.23. The fourth-order valence-corrected chi connectivity index (χ4v) is 4.86. The Morgan fingerprint density at radius 2 is 1.94 bits per heavy atom. The first-order valence-electron chi connectivity index (χ1n) is 10.3. The van der Waals surface area contributed by atoms with Crippen molar-refractivity contribution in [2.75, 3.05) is 25.2 Å². The average Bonchev–Trinajstić information content (AvgIpc) is 3.42. The second-order valence-corrected chi connectivity index (χ2v) is 9.05. The number of aromatic nitrogens is 5. The molecular formula is C22H25N7OS2. The largest absolute Gasteiger partial charge is 0.323 e. The lowest BCUT2D eigenvalue weighted by atomic mass is 10.2. The van der Waals surface area contributed by atoms with E-state index in [0.29, 0.717) is 17.7 Å². The molecule has 4 rings (SSSR count). The van der Waals surface area contributed by atoms with Crippen LogP contribution in [0.4, 0.5) is 5.69 Å². The molecule has 2 aromatic carbocycles. The van der Waals surface area contributed by atoms with Gasteiger partial charge in [0.1, 0.15) is 11.0 Å². The maximum atomic E-state index is 12.7. The van der Waals surface area contributed by atoms with Crippen LogP contribution in [0.5, 0.6) is 0 Å². The minimum Gasteiger partial charge on any atom is -0.323 e. The molecule has 0 aliphatic heterocycles. The minimum absolute atomic E-state index is 0.119. The summed E-state index contributed by atoms with van der Waals surface area (Å²) in [6.45, 7) is 2.79. The highest BCUT2D eigenvalue weighted by Crippen LogP contribution is 2.27. The number of hydrogen-bond acceptors (Lipinski definition) is 8. The highest BCUT2D eigenvalue weighted by atomic mass is 32.2. The third-order valence-electron chi connectivity index (χ3n) is 5.13. The fraction of sp³-hybridized carbons (Fsp3) is 0.318. The summed E-state index contributed by atoms with van der Waals surface area (Å²) in [5.74, 6) is 1.01. The van der Waals surface area contributed by atoms with Crippen LogP contribution in [-0.2, 0) is 11.3 Å². The van der Waals surface area contributed by atoms with Crippen LogP contribution in [0.2, 0.25) is 0 Å². The molecule has 0 aliphatic carbocycles. The number of anilines is 1. The zero-order valence-corrected chi connectivity index (χ0v) is 19.9. The molecule has 8 nitrogen and oxygen atoms in total. The SMILES string of the molecule is CCC(c1nnc(SCC(=O)Nc2cccc3nsnc23)n1Cc1ccccc1)N(C)C. The van der Waals surface area contributed by atoms with Gasteiger partial charge >= 0.3 is 0 Å². The number of fused-ring (bicyclic) bond motifs is 1. The van der Waals surface area contributed by atoms with Crippen LogP contribution in [-0.4, -0.2) is 54.2 Å². The summed E-state index contributed by atoms with van der Waals surface area (Å²) >= 11 is 2.52. The van der Waals surface area contributed by atoms with Crippen molar-refractivity contribution in [2.45, 2.75) is 31.1 Å². The number of carbonyl (C=O) groups is 1. The Labute approximate surface area is 195 Å². The van der Waals surface area contributed by atoms with E-state index in [1.807, 2.05) is 50.5 Å². The Morgan fingerprint density at radius 1 is 1.12 bits per heavy atom. The van der Waals surface area contributed by atoms with Crippen molar-refractivity contribution < 1.29 is 4.79 Å². The number of carbonyl (C=O) groups excluding carboxylic acids is 1. The van der Waals surface area contributed by atoms with E-state index in [4.69, 9.17) is 0 Å². The maximum Gasteiger partial charge on any atom is 0.234 e. The zero-order valence-electron chi connectivity index (χ0n) is 18.2. The summed E-state index contributed by atoms with van der Waals surface area (Å²) in [6.07, 6.45) is 0.913. The molecule has 0 spiro atoms. The number of nitrogens with one attached hydrogen (secondary N) is 1. The molecule has 1 N–H and O–H groups in total. The van der Waals surface area contributed by atoms with E-state index in [0.717, 1.165) is 40.2 Å². The quantitative estimate of drug-likeness (QED) is 0.371. The molecule has 0 bridgehead atoms. The molecule has 0 fully saturated rings. The fourth-order valence-electron chi connectivity index (χ4n) is 3.57. The van der Waals surface area contributed by atoms with E-state index in [1.54, 1.807) is 0 Å². The topological polar surface area (TPSA) is 88.8 Å². The maximum absolute atomic E-state index is 12.7. The van der Waals surface area contributed by atoms with Crippen LogP contribution >= 0.6 is 23.5 Å². The highest BCUT2D eigenvalue weighted by Gasteiger charge is 2.22. The van der Waals surface area contributed by atoms with Gasteiger partial charge < -0.3 is 9.88 Å². The summed E-state index contributed by atoms with van der Waals surface area (Å²) < 4.78 is 10.6. The van der Waals surface area contributed by atoms with Gasteiger partial charge in [0.15, 0.2) is 11.0 Å². The lowest BCUT2D eigenvalue weighted by Gasteiger charge is -2.23. The molecule has 1 amide bonds. The molecule has 10 heteroatoms. The molecule has 4 aromatic rings. The Kier molecular flexibility index (Phi) is 7.13. The van der Waals surface area contributed by atoms with Crippen LogP contribution in [0.1, 0.15) is 30.8 Å². The Balaban J connectivity index is 1.52. The van der Waals surface area contributed by atoms with Crippen molar-refractivity contribution in [3.63, 3.8) is 0 Å². The van der Waals surface area contributed by atoms with Crippen molar-refractivity contribution >= 4 is 46.1 Å². The first-order valence-corrected chi connectivity index (χ1v) is 12.1. The Hall–Kier alpha value is -2.82. The molecule has 2 aromatic heterocycles. The molecule has 2 heterocycles. The summed E-state index contributed by atoms with van der Waals surface area (Å²) in [5.41, 5.74) is 3.33. The standard InChI is InChI=1S/C22H25N7OS2/c1-4-18(28(2)3)21-24-25-22(29(21)13-15-9-6-5-7-10-15)31-14-19(30)23-16-11-8-12-17-20(16)27-32-26-17/h5-12,18H,4,13-14H2,1-3H3,(H,23,30). The van der Waals surface area contributed by atoms with Gasteiger partial charge in [-0.05, 0) is 38.2 Å². The van der Waals surface area contributed by atoms with Crippen LogP contribution in [0.25, 0.3) is 11.0 Å². The lowest BCUT2D eigenvalue weighted by molar-refractivity contribution is -0.113. The summed E-state index contributed by atoms with van der Waals surface area (Å²) in [6, 6.07) is 16.0. The number of hydrogen-bond donors (Lipinski definition) is 1. The van der Waals surface area contributed by atoms with Crippen molar-refractivity contribution in [2.24, 2.45) is 0 Å². The first-order chi connectivity index (χ1) is 15.6. The van der Waals surface area contributed by atoms with Crippen LogP contribution in [0.15, 0.2) is 53.7 Å². The van der Waals surface area contributed by atoms with Gasteiger partial charge in [0, 0.05) is 0 Å². The van der Waals surface area contributed by atoms with E-state index < -0.39 is 0 Å². The van der Waals surface area contributed by atoms with Crippen LogP contribution < -0.4 is 5.32 Å². The third kappa shape index (κ3) is 4.98. The normalized spacial score (nSPS) is 12.4. The molecule has 1 atom stereocenters. The number of nitrogens with zero attached hydrogens (tertiary/aromatic N) is 6. The van der Waals surface area contributed by atoms with Crippen molar-refractivity contribution in [1.29, 1.82) is 0 Å². The summed E-state index contributed by atoms with van der Waals surface area (Å²) in [4.78, 5) is 14.8. The van der Waals surface area contributed by atoms with Gasteiger partial charge in [0.2, 0.25) is 5.91 Å². The second-order valence-electron chi connectivity index (χ2n) is 7.57. The van der Waals surface area contributed by atoms with E-state index >= 15 is 0 Å². The Bertz CT molecular complexity index is 1190. The highest BCUT2D eigenvalue weighted by molar-refractivity contribution is 7.99. The predicted octanol–water partition coefficient (Wildman–Crippen LogP) is 4.07. The molecule has 0 aliphatic rings. The molecule has 32 heavy (non-hydrogen) atoms. The van der Waals surface area contributed by atoms with Crippen molar-refractivity contribution in [3.8, 4) is 0 Å². The monoisotopic (exact) mass is 467 g/mol. The van der Waals surface area contributed by atoms with Gasteiger partial charge in [-0.1, -0.05) is 55.1 Å². The third-order valence-corrected chi connectivity index (χ3v) is 6.64. The molecule has 0 saturated carbocycles. The van der Waals surface area contributed by atoms with Gasteiger partial charge in [0.25, 0.3) is 0 Å². The molecule has 0 saturated heterocycles. The van der Waals surface area contributed by atoms with E-state index in [-0.39, 0.29) is 17.7 Å². The first kappa shape index (κ1) is 22.4. The summed E-state index contributed by atoms with van der Waals surface area (Å²) in [7, 11) is 4.09. The second kappa shape index (κ2) is 10.2. The molecule has 1 unspecified atom stereocenters. The van der Waals surface area contributed by atoms with Gasteiger partial charge in [-0.3, -0.25) is 9.69 Å². The number of thioether (sulfide) groups is 1. The van der Waals surface area contributed by atoms with E-state index in [2.05, 4.69) is 52.8 Å². The van der Waals surface area contributed by atoms with Crippen LogP contribution in [0.3, 0.4) is 0 Å². The number of rotatable bonds is 9. The average molecular weight is 468 g/mol. The molecule has 166 valence electrons. The van der Waals surface area contributed by atoms with Gasteiger partial charge in [0.05, 0.1) is 35.8 Å². The zero-order chi connectivity index (χ0) is 22.5. The van der Waals surface area contributed by atoms with E-state index in [1.165, 1.54) is 11.8 Å². The van der Waals surface area contributed by atoms with Gasteiger partial charge in [-0.2, -0.15) is 8.75 Å². The van der Waals surface area contributed by atoms with Crippen LogP contribution in [0, 0.1) is 0 Å².